The molecule has 3 rings (SSSR count). The van der Waals surface area contributed by atoms with Crippen molar-refractivity contribution >= 4 is 27.4 Å². The number of methoxy groups -OCH3 is 2. The average molecular weight is 411 g/mol. The van der Waals surface area contributed by atoms with E-state index in [9.17, 15) is 18.3 Å². The molecule has 1 saturated carbocycles. The van der Waals surface area contributed by atoms with Gasteiger partial charge in [-0.2, -0.15) is 0 Å². The van der Waals surface area contributed by atoms with Crippen molar-refractivity contribution in [2.45, 2.75) is 16.1 Å². The molecule has 27 heavy (non-hydrogen) atoms. The first-order valence-electron chi connectivity index (χ1n) is 8.14. The fraction of sp³-hybridized carbons (Fsp3) is 0.316. The second-order valence-electron chi connectivity index (χ2n) is 6.45. The maximum absolute atomic E-state index is 13.2. The predicted octanol–water partition coefficient (Wildman–Crippen LogP) is 3.01. The third-order valence-corrected chi connectivity index (χ3v) is 7.53. The fourth-order valence-corrected chi connectivity index (χ4v) is 6.13. The van der Waals surface area contributed by atoms with Gasteiger partial charge in [0.2, 0.25) is 0 Å². The number of sulfone groups is 1. The Labute approximate surface area is 162 Å². The van der Waals surface area contributed by atoms with E-state index in [1.54, 1.807) is 24.3 Å². The average Bonchev–Trinajstić information content (AvgIpc) is 3.33. The van der Waals surface area contributed by atoms with Crippen molar-refractivity contribution in [3.05, 3.63) is 59.1 Å². The highest BCUT2D eigenvalue weighted by molar-refractivity contribution is 7.92. The number of carbonyl (C=O) groups is 1. The Bertz CT molecular complexity index is 939. The van der Waals surface area contributed by atoms with Crippen LogP contribution in [0.25, 0.3) is 0 Å². The molecule has 3 atom stereocenters. The van der Waals surface area contributed by atoms with Gasteiger partial charge < -0.3 is 14.6 Å². The first-order chi connectivity index (χ1) is 12.8. The van der Waals surface area contributed by atoms with Crippen molar-refractivity contribution in [2.24, 2.45) is 5.41 Å². The molecule has 1 aliphatic carbocycles. The zero-order valence-corrected chi connectivity index (χ0v) is 16.3. The molecule has 0 unspecified atom stereocenters. The van der Waals surface area contributed by atoms with Crippen LogP contribution >= 0.6 is 11.6 Å². The summed E-state index contributed by atoms with van der Waals surface area (Å²) in [5.41, 5.74) is -0.945. The van der Waals surface area contributed by atoms with Crippen LogP contribution in [0.5, 0.6) is 5.75 Å². The van der Waals surface area contributed by atoms with Crippen molar-refractivity contribution < 1.29 is 27.8 Å². The molecule has 2 aromatic rings. The summed E-state index contributed by atoms with van der Waals surface area (Å²) >= 11 is 5.85. The van der Waals surface area contributed by atoms with Gasteiger partial charge in [0.15, 0.2) is 9.84 Å². The summed E-state index contributed by atoms with van der Waals surface area (Å²) in [5, 5.41) is 9.16. The Morgan fingerprint density at radius 3 is 2.19 bits per heavy atom. The summed E-state index contributed by atoms with van der Waals surface area (Å²) in [5.74, 6) is -1.33. The first-order valence-corrected chi connectivity index (χ1v) is 10.1. The highest BCUT2D eigenvalue weighted by atomic mass is 35.5. The monoisotopic (exact) mass is 410 g/mol. The smallest absolute Gasteiger partial charge is 0.314 e. The van der Waals surface area contributed by atoms with Gasteiger partial charge in [0.25, 0.3) is 0 Å². The quantitative estimate of drug-likeness (QED) is 0.754. The molecule has 0 heterocycles. The second kappa shape index (κ2) is 7.14. The first kappa shape index (κ1) is 19.7. The van der Waals surface area contributed by atoms with Crippen molar-refractivity contribution in [3.8, 4) is 5.75 Å². The van der Waals surface area contributed by atoms with E-state index in [0.717, 1.165) is 0 Å². The Kier molecular flexibility index (Phi) is 5.20. The van der Waals surface area contributed by atoms with E-state index in [-0.39, 0.29) is 11.5 Å². The number of rotatable bonds is 7. The highest BCUT2D eigenvalue weighted by Crippen LogP contribution is 2.64. The largest absolute Gasteiger partial charge is 0.497 e. The van der Waals surface area contributed by atoms with Gasteiger partial charge in [-0.3, -0.25) is 4.79 Å². The molecule has 1 N–H and O–H groups in total. The Balaban J connectivity index is 2.09. The number of ether oxygens (including phenoxy) is 2. The molecule has 0 spiro atoms. The molecular weight excluding hydrogens is 392 g/mol. The minimum Gasteiger partial charge on any atom is -0.497 e. The molecule has 144 valence electrons. The number of halogens is 1. The maximum atomic E-state index is 13.2. The number of hydrogen-bond acceptors (Lipinski definition) is 5. The number of benzene rings is 2. The highest BCUT2D eigenvalue weighted by Gasteiger charge is 2.76. The van der Waals surface area contributed by atoms with E-state index in [0.29, 0.717) is 16.3 Å². The van der Waals surface area contributed by atoms with Crippen LogP contribution in [0.1, 0.15) is 11.5 Å². The summed E-state index contributed by atoms with van der Waals surface area (Å²) in [4.78, 5) is 12.2. The fourth-order valence-electron chi connectivity index (χ4n) is 3.64. The van der Waals surface area contributed by atoms with E-state index in [2.05, 4.69) is 0 Å². The molecule has 1 fully saturated rings. The Hall–Kier alpha value is -2.09. The standard InChI is InChI=1S/C19H19ClO6S/c1-25-11-19(18(21)22)16(12-3-7-14(26-2)8-4-12)17(19)27(23,24)15-9-5-13(20)6-10-15/h3-10,16-17H,11H2,1-2H3,(H,21,22)/t16-,17-,19+/m1/s1. The maximum Gasteiger partial charge on any atom is 0.314 e. The van der Waals surface area contributed by atoms with E-state index in [4.69, 9.17) is 21.1 Å². The molecule has 2 aromatic carbocycles. The molecule has 0 aliphatic heterocycles. The molecule has 0 radical (unpaired) electrons. The van der Waals surface area contributed by atoms with Crippen LogP contribution in [0, 0.1) is 5.41 Å². The number of aliphatic carboxylic acids is 1. The zero-order chi connectivity index (χ0) is 19.8. The van der Waals surface area contributed by atoms with Crippen molar-refractivity contribution in [2.75, 3.05) is 20.8 Å². The van der Waals surface area contributed by atoms with Crippen LogP contribution in [-0.4, -0.2) is 45.6 Å². The van der Waals surface area contributed by atoms with Gasteiger partial charge in [0.05, 0.1) is 23.9 Å². The van der Waals surface area contributed by atoms with Crippen molar-refractivity contribution in [1.29, 1.82) is 0 Å². The summed E-state index contributed by atoms with van der Waals surface area (Å²) in [6.45, 7) is -0.212. The number of hydrogen-bond donors (Lipinski definition) is 1. The number of carboxylic acid groups (broad SMARTS) is 1. The van der Waals surface area contributed by atoms with E-state index in [1.165, 1.54) is 38.5 Å². The molecule has 1 aliphatic rings. The van der Waals surface area contributed by atoms with Gasteiger partial charge in [0.1, 0.15) is 11.2 Å². The molecule has 0 aromatic heterocycles. The van der Waals surface area contributed by atoms with Crippen LogP contribution in [0.15, 0.2) is 53.4 Å². The molecule has 0 saturated heterocycles. The van der Waals surface area contributed by atoms with E-state index in [1.807, 2.05) is 0 Å². The van der Waals surface area contributed by atoms with Gasteiger partial charge in [-0.05, 0) is 42.0 Å². The van der Waals surface area contributed by atoms with Crippen LogP contribution < -0.4 is 4.74 Å². The summed E-state index contributed by atoms with van der Waals surface area (Å²) in [6.07, 6.45) is 0. The van der Waals surface area contributed by atoms with Gasteiger partial charge in [-0.15, -0.1) is 0 Å². The third-order valence-electron chi connectivity index (χ3n) is 4.99. The number of carboxylic acids is 1. The summed E-state index contributed by atoms with van der Waals surface area (Å²) in [6, 6.07) is 12.5. The summed E-state index contributed by atoms with van der Waals surface area (Å²) in [7, 11) is -1.04. The van der Waals surface area contributed by atoms with Gasteiger partial charge in [0, 0.05) is 18.1 Å². The van der Waals surface area contributed by atoms with Crippen LogP contribution in [-0.2, 0) is 19.4 Å². The van der Waals surface area contributed by atoms with Crippen LogP contribution in [0.2, 0.25) is 5.02 Å². The molecular formula is C19H19ClO6S. The topological polar surface area (TPSA) is 89.9 Å². The lowest BCUT2D eigenvalue weighted by molar-refractivity contribution is -0.145. The van der Waals surface area contributed by atoms with Crippen molar-refractivity contribution in [3.63, 3.8) is 0 Å². The Morgan fingerprint density at radius 2 is 1.70 bits per heavy atom. The zero-order valence-electron chi connectivity index (χ0n) is 14.8. The van der Waals surface area contributed by atoms with Crippen LogP contribution in [0.4, 0.5) is 0 Å². The lowest BCUT2D eigenvalue weighted by Crippen LogP contribution is -2.28. The van der Waals surface area contributed by atoms with Crippen molar-refractivity contribution in [1.82, 2.24) is 0 Å². The SMILES string of the molecule is COC[C@]1(C(=O)O)[C@H](c2ccc(OC)cc2)[C@H]1S(=O)(=O)c1ccc(Cl)cc1. The Morgan fingerprint density at radius 1 is 1.11 bits per heavy atom. The lowest BCUT2D eigenvalue weighted by Gasteiger charge is -2.12. The molecule has 6 nitrogen and oxygen atoms in total. The summed E-state index contributed by atoms with van der Waals surface area (Å²) < 4.78 is 36.7. The normalized spacial score (nSPS) is 24.4. The molecule has 0 bridgehead atoms. The van der Waals surface area contributed by atoms with E-state index < -0.39 is 32.4 Å². The van der Waals surface area contributed by atoms with Gasteiger partial charge >= 0.3 is 5.97 Å². The molecule has 0 amide bonds. The van der Waals surface area contributed by atoms with E-state index >= 15 is 0 Å². The lowest BCUT2D eigenvalue weighted by atomic mass is 10.00. The second-order valence-corrected chi connectivity index (χ2v) is 8.95. The molecule has 8 heteroatoms. The van der Waals surface area contributed by atoms with Crippen LogP contribution in [0.3, 0.4) is 0 Å². The minimum absolute atomic E-state index is 0.0367. The van der Waals surface area contributed by atoms with Gasteiger partial charge in [-0.1, -0.05) is 23.7 Å². The predicted molar refractivity (Wildman–Crippen MR) is 100 cm³/mol. The minimum atomic E-state index is -3.92. The van der Waals surface area contributed by atoms with Gasteiger partial charge in [-0.25, -0.2) is 8.42 Å². The third kappa shape index (κ3) is 3.20.